The van der Waals surface area contributed by atoms with Gasteiger partial charge in [0, 0.05) is 18.3 Å². The van der Waals surface area contributed by atoms with Crippen molar-refractivity contribution in [2.75, 3.05) is 13.1 Å². The summed E-state index contributed by atoms with van der Waals surface area (Å²) >= 11 is 0. The highest BCUT2D eigenvalue weighted by Crippen LogP contribution is 2.30. The van der Waals surface area contributed by atoms with Crippen LogP contribution < -0.4 is 0 Å². The van der Waals surface area contributed by atoms with Gasteiger partial charge in [0.05, 0.1) is 6.20 Å². The monoisotopic (exact) mass is 311 g/mol. The van der Waals surface area contributed by atoms with Gasteiger partial charge in [0.15, 0.2) is 0 Å². The summed E-state index contributed by atoms with van der Waals surface area (Å²) in [6.45, 7) is 2.95. The Morgan fingerprint density at radius 1 is 1.30 bits per heavy atom. The summed E-state index contributed by atoms with van der Waals surface area (Å²) < 4.78 is 5.23. The van der Waals surface area contributed by atoms with Crippen LogP contribution in [0.3, 0.4) is 0 Å². The van der Waals surface area contributed by atoms with Crippen LogP contribution in [0.1, 0.15) is 30.4 Å². The summed E-state index contributed by atoms with van der Waals surface area (Å²) in [5.74, 6) is 0.679. The number of benzene rings is 1. The molecule has 0 radical (unpaired) electrons. The van der Waals surface area contributed by atoms with Gasteiger partial charge in [0.2, 0.25) is 5.89 Å². The maximum atomic E-state index is 10.3. The minimum Gasteiger partial charge on any atom is -0.446 e. The minimum atomic E-state index is -0.580. The summed E-state index contributed by atoms with van der Waals surface area (Å²) in [6, 6.07) is 8.69. The second kappa shape index (κ2) is 6.18. The van der Waals surface area contributed by atoms with Gasteiger partial charge in [-0.2, -0.15) is 0 Å². The highest BCUT2D eigenvalue weighted by atomic mass is 16.4. The number of oxazole rings is 1. The first-order valence-electron chi connectivity index (χ1n) is 8.15. The molecule has 1 aromatic carbocycles. The van der Waals surface area contributed by atoms with E-state index in [4.69, 9.17) is 4.42 Å². The molecule has 0 bridgehead atoms. The van der Waals surface area contributed by atoms with E-state index in [1.165, 1.54) is 22.7 Å². The standard InChI is InChI=1S/C18H21N3O2/c22-17(18-20-7-10-23-18)14-4-8-21(9-5-14)12-13-1-2-16-15(11-13)3-6-19-16/h1-3,6-7,10-11,14,17,19,22H,4-5,8-9,12H2. The number of piperidine rings is 1. The largest absolute Gasteiger partial charge is 0.446 e. The zero-order valence-electron chi connectivity index (χ0n) is 13.0. The Bertz CT molecular complexity index is 758. The predicted octanol–water partition coefficient (Wildman–Crippen LogP) is 3.10. The zero-order valence-corrected chi connectivity index (χ0v) is 13.0. The fraction of sp³-hybridized carbons (Fsp3) is 0.389. The maximum absolute atomic E-state index is 10.3. The number of aliphatic hydroxyl groups excluding tert-OH is 1. The number of nitrogens with one attached hydrogen (secondary N) is 1. The highest BCUT2D eigenvalue weighted by Gasteiger charge is 2.28. The fourth-order valence-corrected chi connectivity index (χ4v) is 3.47. The Morgan fingerprint density at radius 2 is 2.17 bits per heavy atom. The third-order valence-electron chi connectivity index (χ3n) is 4.81. The molecule has 4 rings (SSSR count). The van der Waals surface area contributed by atoms with Crippen molar-refractivity contribution in [2.24, 2.45) is 5.92 Å². The Morgan fingerprint density at radius 3 is 2.96 bits per heavy atom. The van der Waals surface area contributed by atoms with Crippen molar-refractivity contribution in [3.8, 4) is 0 Å². The van der Waals surface area contributed by atoms with Crippen LogP contribution >= 0.6 is 0 Å². The summed E-state index contributed by atoms with van der Waals surface area (Å²) in [7, 11) is 0. The summed E-state index contributed by atoms with van der Waals surface area (Å²) in [5, 5.41) is 11.6. The second-order valence-corrected chi connectivity index (χ2v) is 6.33. The SMILES string of the molecule is OC(c1ncco1)C1CCN(Cc2ccc3[nH]ccc3c2)CC1. The lowest BCUT2D eigenvalue weighted by Gasteiger charge is -2.33. The van der Waals surface area contributed by atoms with Crippen molar-refractivity contribution in [1.29, 1.82) is 0 Å². The molecule has 3 aromatic rings. The van der Waals surface area contributed by atoms with E-state index in [9.17, 15) is 5.11 Å². The molecular formula is C18H21N3O2. The molecule has 5 nitrogen and oxygen atoms in total. The number of hydrogen-bond donors (Lipinski definition) is 2. The molecule has 120 valence electrons. The van der Waals surface area contributed by atoms with Crippen LogP contribution in [0, 0.1) is 5.92 Å². The Hall–Kier alpha value is -2.11. The molecule has 5 heteroatoms. The quantitative estimate of drug-likeness (QED) is 0.777. The van der Waals surface area contributed by atoms with Crippen molar-refractivity contribution in [2.45, 2.75) is 25.5 Å². The summed E-state index contributed by atoms with van der Waals surface area (Å²) in [6.07, 6.45) is 6.44. The van der Waals surface area contributed by atoms with Crippen molar-refractivity contribution in [3.63, 3.8) is 0 Å². The number of fused-ring (bicyclic) bond motifs is 1. The van der Waals surface area contributed by atoms with Gasteiger partial charge in [0.1, 0.15) is 12.4 Å². The number of rotatable bonds is 4. The van der Waals surface area contributed by atoms with E-state index in [1.807, 2.05) is 6.20 Å². The van der Waals surface area contributed by atoms with E-state index >= 15 is 0 Å². The third kappa shape index (κ3) is 3.02. The van der Waals surface area contributed by atoms with Crippen LogP contribution in [0.25, 0.3) is 10.9 Å². The van der Waals surface area contributed by atoms with Gasteiger partial charge in [-0.1, -0.05) is 6.07 Å². The van der Waals surface area contributed by atoms with E-state index in [-0.39, 0.29) is 5.92 Å². The number of H-pyrrole nitrogens is 1. The van der Waals surface area contributed by atoms with E-state index in [2.05, 4.69) is 39.1 Å². The lowest BCUT2D eigenvalue weighted by Crippen LogP contribution is -2.35. The predicted molar refractivity (Wildman–Crippen MR) is 87.8 cm³/mol. The highest BCUT2D eigenvalue weighted by molar-refractivity contribution is 5.79. The summed E-state index contributed by atoms with van der Waals surface area (Å²) in [5.41, 5.74) is 2.52. The van der Waals surface area contributed by atoms with E-state index in [0.717, 1.165) is 32.5 Å². The number of nitrogens with zero attached hydrogens (tertiary/aromatic N) is 2. The molecule has 1 fully saturated rings. The molecule has 2 aromatic heterocycles. The first kappa shape index (κ1) is 14.5. The average molecular weight is 311 g/mol. The van der Waals surface area contributed by atoms with Crippen LogP contribution in [0.4, 0.5) is 0 Å². The van der Waals surface area contributed by atoms with Gasteiger partial charge in [-0.3, -0.25) is 4.90 Å². The first-order valence-corrected chi connectivity index (χ1v) is 8.15. The number of hydrogen-bond acceptors (Lipinski definition) is 4. The number of aromatic nitrogens is 2. The molecule has 1 atom stereocenters. The molecule has 0 amide bonds. The molecule has 1 saturated heterocycles. The number of aliphatic hydroxyl groups is 1. The Labute approximate surface area is 134 Å². The van der Waals surface area contributed by atoms with Crippen LogP contribution in [-0.4, -0.2) is 33.1 Å². The molecule has 1 unspecified atom stereocenters. The van der Waals surface area contributed by atoms with Crippen LogP contribution in [0.5, 0.6) is 0 Å². The maximum Gasteiger partial charge on any atom is 0.223 e. The van der Waals surface area contributed by atoms with Gasteiger partial charge in [-0.05, 0) is 61.0 Å². The lowest BCUT2D eigenvalue weighted by molar-refractivity contribution is 0.0385. The summed E-state index contributed by atoms with van der Waals surface area (Å²) in [4.78, 5) is 9.75. The van der Waals surface area contributed by atoms with E-state index in [1.54, 1.807) is 6.20 Å². The third-order valence-corrected chi connectivity index (χ3v) is 4.81. The van der Waals surface area contributed by atoms with Gasteiger partial charge < -0.3 is 14.5 Å². The van der Waals surface area contributed by atoms with Crippen LogP contribution in [0.2, 0.25) is 0 Å². The Balaban J connectivity index is 1.36. The Kier molecular flexibility index (Phi) is 3.89. The van der Waals surface area contributed by atoms with Gasteiger partial charge in [-0.15, -0.1) is 0 Å². The lowest BCUT2D eigenvalue weighted by atomic mass is 9.91. The average Bonchev–Trinajstić information content (AvgIpc) is 3.26. The van der Waals surface area contributed by atoms with Crippen LogP contribution in [0.15, 0.2) is 47.3 Å². The molecule has 0 aliphatic carbocycles. The van der Waals surface area contributed by atoms with E-state index < -0.39 is 6.10 Å². The smallest absolute Gasteiger partial charge is 0.223 e. The number of likely N-dealkylation sites (tertiary alicyclic amines) is 1. The number of aromatic amines is 1. The molecule has 23 heavy (non-hydrogen) atoms. The molecule has 1 aliphatic rings. The van der Waals surface area contributed by atoms with Crippen LogP contribution in [-0.2, 0) is 6.54 Å². The molecule has 0 saturated carbocycles. The minimum absolute atomic E-state index is 0.233. The zero-order chi connectivity index (χ0) is 15.6. The second-order valence-electron chi connectivity index (χ2n) is 6.33. The van der Waals surface area contributed by atoms with Gasteiger partial charge >= 0.3 is 0 Å². The first-order chi connectivity index (χ1) is 11.3. The van der Waals surface area contributed by atoms with Crippen molar-refractivity contribution >= 4 is 10.9 Å². The normalized spacial score (nSPS) is 18.5. The van der Waals surface area contributed by atoms with Crippen molar-refractivity contribution < 1.29 is 9.52 Å². The van der Waals surface area contributed by atoms with E-state index in [0.29, 0.717) is 5.89 Å². The molecule has 0 spiro atoms. The molecule has 2 N–H and O–H groups in total. The topological polar surface area (TPSA) is 65.3 Å². The van der Waals surface area contributed by atoms with Crippen molar-refractivity contribution in [1.82, 2.24) is 14.9 Å². The molecule has 1 aliphatic heterocycles. The molecule has 3 heterocycles. The van der Waals surface area contributed by atoms with Crippen molar-refractivity contribution in [3.05, 3.63) is 54.4 Å². The van der Waals surface area contributed by atoms with Gasteiger partial charge in [0.25, 0.3) is 0 Å². The molecular weight excluding hydrogens is 290 g/mol. The fourth-order valence-electron chi connectivity index (χ4n) is 3.47. The van der Waals surface area contributed by atoms with Gasteiger partial charge in [-0.25, -0.2) is 4.98 Å².